The number of carbonyl (C=O) groups excluding carboxylic acids is 1. The van der Waals surface area contributed by atoms with Crippen LogP contribution in [0.4, 0.5) is 10.3 Å². The van der Waals surface area contributed by atoms with Crippen molar-refractivity contribution in [1.29, 1.82) is 0 Å². The molecule has 1 amide bonds. The number of nitrogens with zero attached hydrogens (tertiary/aromatic N) is 2. The molecule has 0 radical (unpaired) electrons. The zero-order chi connectivity index (χ0) is 20.5. The molecule has 0 fully saturated rings. The summed E-state index contributed by atoms with van der Waals surface area (Å²) in [7, 11) is 0. The van der Waals surface area contributed by atoms with Crippen molar-refractivity contribution in [2.24, 2.45) is 5.73 Å². The standard InChI is InChI=1S/C21H15ClFN5O/c22-15-10-26-21(25)28-19(15)17-9-14(11-5-1-2-6-12(11)20(24)29)18(27-17)13-7-3-4-8-16(13)23/h1-10,27H,(H2,24,29)(H2,25,26,28). The second-order valence-electron chi connectivity index (χ2n) is 6.29. The Morgan fingerprint density at radius 1 is 1.03 bits per heavy atom. The fraction of sp³-hybridized carbons (Fsp3) is 0. The van der Waals surface area contributed by atoms with Gasteiger partial charge in [0, 0.05) is 16.7 Å². The third kappa shape index (κ3) is 3.43. The predicted molar refractivity (Wildman–Crippen MR) is 111 cm³/mol. The third-order valence-corrected chi connectivity index (χ3v) is 4.74. The van der Waals surface area contributed by atoms with Crippen LogP contribution in [0.5, 0.6) is 0 Å². The first-order chi connectivity index (χ1) is 14.0. The number of nitrogens with two attached hydrogens (primary N) is 2. The highest BCUT2D eigenvalue weighted by molar-refractivity contribution is 6.32. The van der Waals surface area contributed by atoms with Gasteiger partial charge in [-0.1, -0.05) is 41.9 Å². The summed E-state index contributed by atoms with van der Waals surface area (Å²) in [6, 6.07) is 14.9. The van der Waals surface area contributed by atoms with E-state index in [1.807, 2.05) is 0 Å². The largest absolute Gasteiger partial charge is 0.368 e. The predicted octanol–water partition coefficient (Wildman–Crippen LogP) is 4.28. The number of primary amides is 1. The van der Waals surface area contributed by atoms with E-state index in [0.29, 0.717) is 39.3 Å². The van der Waals surface area contributed by atoms with Crippen molar-refractivity contribution < 1.29 is 9.18 Å². The highest BCUT2D eigenvalue weighted by Gasteiger charge is 2.21. The van der Waals surface area contributed by atoms with Crippen LogP contribution in [0.1, 0.15) is 10.4 Å². The normalized spacial score (nSPS) is 10.8. The van der Waals surface area contributed by atoms with E-state index in [4.69, 9.17) is 23.1 Å². The molecule has 0 spiro atoms. The highest BCUT2D eigenvalue weighted by Crippen LogP contribution is 2.39. The Bertz CT molecular complexity index is 1240. The number of rotatable bonds is 4. The van der Waals surface area contributed by atoms with E-state index in [-0.39, 0.29) is 11.0 Å². The first-order valence-electron chi connectivity index (χ1n) is 8.61. The van der Waals surface area contributed by atoms with Crippen molar-refractivity contribution in [2.45, 2.75) is 0 Å². The van der Waals surface area contributed by atoms with Gasteiger partial charge in [-0.25, -0.2) is 14.4 Å². The van der Waals surface area contributed by atoms with Gasteiger partial charge in [-0.05, 0) is 29.8 Å². The smallest absolute Gasteiger partial charge is 0.249 e. The van der Waals surface area contributed by atoms with E-state index >= 15 is 0 Å². The molecule has 0 aliphatic carbocycles. The molecule has 8 heteroatoms. The van der Waals surface area contributed by atoms with Gasteiger partial charge in [0.2, 0.25) is 11.9 Å². The average Bonchev–Trinajstić information content (AvgIpc) is 3.15. The number of H-pyrrole nitrogens is 1. The number of hydrogen-bond donors (Lipinski definition) is 3. The minimum absolute atomic E-state index is 0.0468. The molecule has 0 atom stereocenters. The number of aromatic nitrogens is 3. The van der Waals surface area contributed by atoms with Crippen LogP contribution in [-0.4, -0.2) is 20.9 Å². The van der Waals surface area contributed by atoms with Crippen molar-refractivity contribution in [1.82, 2.24) is 15.0 Å². The van der Waals surface area contributed by atoms with Gasteiger partial charge in [0.05, 0.1) is 22.6 Å². The zero-order valence-corrected chi connectivity index (χ0v) is 15.7. The van der Waals surface area contributed by atoms with Crippen LogP contribution in [0.15, 0.2) is 60.8 Å². The maximum absolute atomic E-state index is 14.6. The third-order valence-electron chi connectivity index (χ3n) is 4.46. The summed E-state index contributed by atoms with van der Waals surface area (Å²) in [5.41, 5.74) is 14.3. The second kappa shape index (κ2) is 7.37. The number of carbonyl (C=O) groups is 1. The summed E-state index contributed by atoms with van der Waals surface area (Å²) in [6.07, 6.45) is 1.39. The summed E-state index contributed by atoms with van der Waals surface area (Å²) < 4.78 is 14.6. The zero-order valence-electron chi connectivity index (χ0n) is 15.0. The monoisotopic (exact) mass is 407 g/mol. The number of halogens is 2. The molecule has 0 saturated carbocycles. The summed E-state index contributed by atoms with van der Waals surface area (Å²) in [5, 5.41) is 0.273. The van der Waals surface area contributed by atoms with Gasteiger partial charge in [-0.2, -0.15) is 0 Å². The van der Waals surface area contributed by atoms with Crippen LogP contribution in [0.2, 0.25) is 5.02 Å². The summed E-state index contributed by atoms with van der Waals surface area (Å²) >= 11 is 6.25. The molecule has 2 aromatic carbocycles. The van der Waals surface area contributed by atoms with Crippen LogP contribution in [0.3, 0.4) is 0 Å². The van der Waals surface area contributed by atoms with E-state index in [1.54, 1.807) is 48.5 Å². The lowest BCUT2D eigenvalue weighted by atomic mass is 9.96. The Balaban J connectivity index is 2.02. The topological polar surface area (TPSA) is 111 Å². The SMILES string of the molecule is NC(=O)c1ccccc1-c1cc(-c2nc(N)ncc2Cl)[nH]c1-c1ccccc1F. The van der Waals surface area contributed by atoms with Gasteiger partial charge in [-0.3, -0.25) is 4.79 Å². The Morgan fingerprint density at radius 3 is 2.45 bits per heavy atom. The Morgan fingerprint density at radius 2 is 1.72 bits per heavy atom. The summed E-state index contributed by atoms with van der Waals surface area (Å²) in [4.78, 5) is 23.2. The molecule has 0 unspecified atom stereocenters. The molecule has 4 rings (SSSR count). The molecule has 4 aromatic rings. The molecule has 2 aromatic heterocycles. The number of hydrogen-bond acceptors (Lipinski definition) is 4. The van der Waals surface area contributed by atoms with E-state index in [2.05, 4.69) is 15.0 Å². The Labute approximate surface area is 170 Å². The molecule has 29 heavy (non-hydrogen) atoms. The van der Waals surface area contributed by atoms with Crippen LogP contribution in [0, 0.1) is 5.82 Å². The molecule has 6 nitrogen and oxygen atoms in total. The number of amides is 1. The fourth-order valence-corrected chi connectivity index (χ4v) is 3.37. The molecule has 5 N–H and O–H groups in total. The molecule has 0 bridgehead atoms. The van der Waals surface area contributed by atoms with E-state index in [0.717, 1.165) is 0 Å². The van der Waals surface area contributed by atoms with Crippen molar-refractivity contribution in [3.8, 4) is 33.8 Å². The maximum Gasteiger partial charge on any atom is 0.249 e. The summed E-state index contributed by atoms with van der Waals surface area (Å²) in [6.45, 7) is 0. The number of nitrogen functional groups attached to an aromatic ring is 1. The number of benzene rings is 2. The number of nitrogens with one attached hydrogen (secondary N) is 1. The van der Waals surface area contributed by atoms with Gasteiger partial charge in [0.1, 0.15) is 11.5 Å². The van der Waals surface area contributed by atoms with E-state index in [9.17, 15) is 9.18 Å². The molecular formula is C21H15ClFN5O. The molecule has 0 aliphatic heterocycles. The minimum atomic E-state index is -0.591. The number of aromatic amines is 1. The van der Waals surface area contributed by atoms with Crippen molar-refractivity contribution in [2.75, 3.05) is 5.73 Å². The first-order valence-corrected chi connectivity index (χ1v) is 8.99. The van der Waals surface area contributed by atoms with Crippen molar-refractivity contribution in [3.63, 3.8) is 0 Å². The van der Waals surface area contributed by atoms with Gasteiger partial charge in [0.25, 0.3) is 0 Å². The molecule has 0 saturated heterocycles. The van der Waals surface area contributed by atoms with Gasteiger partial charge < -0.3 is 16.5 Å². The number of anilines is 1. The molecule has 0 aliphatic rings. The minimum Gasteiger partial charge on any atom is -0.368 e. The van der Waals surface area contributed by atoms with Gasteiger partial charge in [-0.15, -0.1) is 0 Å². The molecule has 2 heterocycles. The van der Waals surface area contributed by atoms with Crippen LogP contribution in [0.25, 0.3) is 33.8 Å². The fourth-order valence-electron chi connectivity index (χ4n) is 3.17. The van der Waals surface area contributed by atoms with E-state index in [1.165, 1.54) is 12.3 Å². The Hall–Kier alpha value is -3.71. The summed E-state index contributed by atoms with van der Waals surface area (Å²) in [5.74, 6) is -0.968. The van der Waals surface area contributed by atoms with Gasteiger partial charge in [0.15, 0.2) is 0 Å². The quantitative estimate of drug-likeness (QED) is 0.468. The van der Waals surface area contributed by atoms with Gasteiger partial charge >= 0.3 is 0 Å². The molecule has 144 valence electrons. The lowest BCUT2D eigenvalue weighted by Gasteiger charge is -2.09. The lowest BCUT2D eigenvalue weighted by Crippen LogP contribution is -2.12. The second-order valence-corrected chi connectivity index (χ2v) is 6.69. The van der Waals surface area contributed by atoms with Crippen LogP contribution < -0.4 is 11.5 Å². The van der Waals surface area contributed by atoms with E-state index < -0.39 is 11.7 Å². The van der Waals surface area contributed by atoms with Crippen LogP contribution >= 0.6 is 11.6 Å². The van der Waals surface area contributed by atoms with Crippen LogP contribution in [-0.2, 0) is 0 Å². The Kier molecular flexibility index (Phi) is 4.74. The van der Waals surface area contributed by atoms with Crippen molar-refractivity contribution in [3.05, 3.63) is 77.2 Å². The maximum atomic E-state index is 14.6. The highest BCUT2D eigenvalue weighted by atomic mass is 35.5. The lowest BCUT2D eigenvalue weighted by molar-refractivity contribution is 0.100. The first kappa shape index (κ1) is 18.6. The van der Waals surface area contributed by atoms with Crippen molar-refractivity contribution >= 4 is 23.5 Å². The average molecular weight is 408 g/mol. The molecular weight excluding hydrogens is 393 g/mol.